The van der Waals surface area contributed by atoms with Crippen LogP contribution in [-0.2, 0) is 13.5 Å². The summed E-state index contributed by atoms with van der Waals surface area (Å²) in [6.07, 6.45) is 5.88. The molecule has 0 saturated heterocycles. The quantitative estimate of drug-likeness (QED) is 0.852. The van der Waals surface area contributed by atoms with E-state index in [1.165, 1.54) is 12.8 Å². The van der Waals surface area contributed by atoms with Gasteiger partial charge in [-0.3, -0.25) is 9.48 Å². The highest BCUT2D eigenvalue weighted by molar-refractivity contribution is 6.02. The lowest BCUT2D eigenvalue weighted by atomic mass is 10.1. The van der Waals surface area contributed by atoms with Crippen molar-refractivity contribution in [1.29, 1.82) is 0 Å². The highest BCUT2D eigenvalue weighted by atomic mass is 16.2. The van der Waals surface area contributed by atoms with Crippen molar-refractivity contribution in [2.45, 2.75) is 31.6 Å². The summed E-state index contributed by atoms with van der Waals surface area (Å²) in [5.41, 5.74) is 8.22. The number of carbonyl (C=O) groups is 1. The molecule has 2 aromatic rings. The second-order valence-electron chi connectivity index (χ2n) is 5.75. The smallest absolute Gasteiger partial charge is 0.277 e. The molecule has 1 amide bonds. The summed E-state index contributed by atoms with van der Waals surface area (Å²) in [6.45, 7) is 0.655. The molecule has 1 aliphatic rings. The van der Waals surface area contributed by atoms with Gasteiger partial charge in [-0.05, 0) is 56.0 Å². The Hall–Kier alpha value is -2.21. The molecule has 0 atom stereocenters. The molecule has 116 valence electrons. The normalized spacial score (nSPS) is 14.1. The number of hydrogen-bond acceptors (Lipinski definition) is 4. The standard InChI is InChI=1S/C16H21N5O/c1-21-14(12-4-5-12)10-13(20-21)16(22)19-15-9-11(3-2-7-17)6-8-18-15/h6,8-10,12H,2-5,7,17H2,1H3,(H,18,19,22). The lowest BCUT2D eigenvalue weighted by Gasteiger charge is -2.05. The molecule has 0 radical (unpaired) electrons. The van der Waals surface area contributed by atoms with Crippen molar-refractivity contribution in [3.63, 3.8) is 0 Å². The van der Waals surface area contributed by atoms with E-state index in [9.17, 15) is 4.79 Å². The predicted molar refractivity (Wildman–Crippen MR) is 84.7 cm³/mol. The van der Waals surface area contributed by atoms with E-state index in [0.717, 1.165) is 24.1 Å². The van der Waals surface area contributed by atoms with Crippen LogP contribution in [0.25, 0.3) is 0 Å². The number of aromatic nitrogens is 3. The minimum atomic E-state index is -0.217. The Kier molecular flexibility index (Phi) is 4.20. The number of aryl methyl sites for hydroxylation is 2. The van der Waals surface area contributed by atoms with Gasteiger partial charge < -0.3 is 11.1 Å². The van der Waals surface area contributed by atoms with Gasteiger partial charge in [-0.1, -0.05) is 0 Å². The number of carbonyl (C=O) groups excluding carboxylic acids is 1. The van der Waals surface area contributed by atoms with E-state index in [2.05, 4.69) is 15.4 Å². The third-order valence-corrected chi connectivity index (χ3v) is 3.88. The number of pyridine rings is 1. The molecule has 1 saturated carbocycles. The largest absolute Gasteiger partial charge is 0.330 e. The number of nitrogens with one attached hydrogen (secondary N) is 1. The first-order chi connectivity index (χ1) is 10.7. The maximum absolute atomic E-state index is 12.3. The van der Waals surface area contributed by atoms with Gasteiger partial charge in [0.2, 0.25) is 0 Å². The lowest BCUT2D eigenvalue weighted by Crippen LogP contribution is -2.14. The second-order valence-corrected chi connectivity index (χ2v) is 5.75. The summed E-state index contributed by atoms with van der Waals surface area (Å²) in [4.78, 5) is 16.5. The molecule has 0 unspecified atom stereocenters. The van der Waals surface area contributed by atoms with E-state index in [-0.39, 0.29) is 5.91 Å². The van der Waals surface area contributed by atoms with Crippen LogP contribution in [0.3, 0.4) is 0 Å². The molecule has 3 N–H and O–H groups in total. The van der Waals surface area contributed by atoms with Crippen LogP contribution in [0.4, 0.5) is 5.82 Å². The van der Waals surface area contributed by atoms with Gasteiger partial charge in [0.15, 0.2) is 5.69 Å². The highest BCUT2D eigenvalue weighted by Crippen LogP contribution is 2.39. The Labute approximate surface area is 129 Å². The van der Waals surface area contributed by atoms with Gasteiger partial charge in [-0.2, -0.15) is 5.10 Å². The van der Waals surface area contributed by atoms with Gasteiger partial charge in [0.1, 0.15) is 5.82 Å². The molecule has 0 aliphatic heterocycles. The molecular weight excluding hydrogens is 278 g/mol. The van der Waals surface area contributed by atoms with Crippen LogP contribution in [0.5, 0.6) is 0 Å². The topological polar surface area (TPSA) is 85.8 Å². The maximum atomic E-state index is 12.3. The third-order valence-electron chi connectivity index (χ3n) is 3.88. The van der Waals surface area contributed by atoms with Gasteiger partial charge >= 0.3 is 0 Å². The fourth-order valence-corrected chi connectivity index (χ4v) is 2.54. The molecule has 6 heteroatoms. The van der Waals surface area contributed by atoms with Crippen molar-refractivity contribution < 1.29 is 4.79 Å². The summed E-state index contributed by atoms with van der Waals surface area (Å²) in [5.74, 6) is 0.904. The van der Waals surface area contributed by atoms with Crippen LogP contribution in [-0.4, -0.2) is 27.2 Å². The number of amides is 1. The van der Waals surface area contributed by atoms with Gasteiger partial charge in [0.05, 0.1) is 0 Å². The van der Waals surface area contributed by atoms with Crippen molar-refractivity contribution in [3.05, 3.63) is 41.3 Å². The average Bonchev–Trinajstić information content (AvgIpc) is 3.28. The molecule has 2 aromatic heterocycles. The summed E-state index contributed by atoms with van der Waals surface area (Å²) >= 11 is 0. The maximum Gasteiger partial charge on any atom is 0.277 e. The van der Waals surface area contributed by atoms with Crippen LogP contribution in [0, 0.1) is 0 Å². The first kappa shape index (κ1) is 14.7. The molecule has 3 rings (SSSR count). The minimum Gasteiger partial charge on any atom is -0.330 e. The van der Waals surface area contributed by atoms with Crippen LogP contribution in [0.1, 0.15) is 46.9 Å². The van der Waals surface area contributed by atoms with Crippen molar-refractivity contribution >= 4 is 11.7 Å². The highest BCUT2D eigenvalue weighted by Gasteiger charge is 2.28. The van der Waals surface area contributed by atoms with E-state index in [4.69, 9.17) is 5.73 Å². The SMILES string of the molecule is Cn1nc(C(=O)Nc2cc(CCCN)ccn2)cc1C1CC1. The number of hydrogen-bond donors (Lipinski definition) is 2. The number of nitrogens with two attached hydrogens (primary N) is 1. The third kappa shape index (κ3) is 3.33. The lowest BCUT2D eigenvalue weighted by molar-refractivity contribution is 0.102. The fraction of sp³-hybridized carbons (Fsp3) is 0.438. The van der Waals surface area contributed by atoms with Crippen molar-refractivity contribution in [1.82, 2.24) is 14.8 Å². The van der Waals surface area contributed by atoms with E-state index in [1.54, 1.807) is 10.9 Å². The van der Waals surface area contributed by atoms with Crippen molar-refractivity contribution in [3.8, 4) is 0 Å². The zero-order valence-corrected chi connectivity index (χ0v) is 12.7. The van der Waals surface area contributed by atoms with Gasteiger partial charge in [0, 0.05) is 24.9 Å². The number of rotatable bonds is 6. The molecule has 0 bridgehead atoms. The van der Waals surface area contributed by atoms with E-state index in [0.29, 0.717) is 24.0 Å². The Balaban J connectivity index is 1.69. The molecule has 22 heavy (non-hydrogen) atoms. The van der Waals surface area contributed by atoms with Gasteiger partial charge in [0.25, 0.3) is 5.91 Å². The van der Waals surface area contributed by atoms with Crippen LogP contribution < -0.4 is 11.1 Å². The Morgan fingerprint density at radius 3 is 3.00 bits per heavy atom. The molecule has 0 aromatic carbocycles. The number of nitrogens with zero attached hydrogens (tertiary/aromatic N) is 3. The first-order valence-corrected chi connectivity index (χ1v) is 7.67. The van der Waals surface area contributed by atoms with Crippen LogP contribution in [0.15, 0.2) is 24.4 Å². The minimum absolute atomic E-state index is 0.217. The average molecular weight is 299 g/mol. The molecule has 1 aliphatic carbocycles. The van der Waals surface area contributed by atoms with Crippen LogP contribution >= 0.6 is 0 Å². The van der Waals surface area contributed by atoms with Crippen molar-refractivity contribution in [2.75, 3.05) is 11.9 Å². The monoisotopic (exact) mass is 299 g/mol. The second kappa shape index (κ2) is 6.27. The molecular formula is C16H21N5O. The van der Waals surface area contributed by atoms with E-state index < -0.39 is 0 Å². The Morgan fingerprint density at radius 1 is 1.45 bits per heavy atom. The Morgan fingerprint density at radius 2 is 2.27 bits per heavy atom. The van der Waals surface area contributed by atoms with E-state index in [1.807, 2.05) is 25.2 Å². The zero-order chi connectivity index (χ0) is 15.5. The van der Waals surface area contributed by atoms with Crippen molar-refractivity contribution in [2.24, 2.45) is 12.8 Å². The summed E-state index contributed by atoms with van der Waals surface area (Å²) < 4.78 is 1.80. The van der Waals surface area contributed by atoms with E-state index >= 15 is 0 Å². The summed E-state index contributed by atoms with van der Waals surface area (Å²) in [7, 11) is 1.89. The fourth-order valence-electron chi connectivity index (χ4n) is 2.54. The summed E-state index contributed by atoms with van der Waals surface area (Å²) in [5, 5.41) is 7.12. The van der Waals surface area contributed by atoms with Gasteiger partial charge in [-0.15, -0.1) is 0 Å². The van der Waals surface area contributed by atoms with Crippen LogP contribution in [0.2, 0.25) is 0 Å². The Bertz CT molecular complexity index is 675. The zero-order valence-electron chi connectivity index (χ0n) is 12.7. The molecule has 1 fully saturated rings. The summed E-state index contributed by atoms with van der Waals surface area (Å²) in [6, 6.07) is 5.71. The first-order valence-electron chi connectivity index (χ1n) is 7.67. The van der Waals surface area contributed by atoms with Gasteiger partial charge in [-0.25, -0.2) is 4.98 Å². The molecule has 2 heterocycles. The predicted octanol–water partition coefficient (Wildman–Crippen LogP) is 1.84. The number of anilines is 1. The molecule has 0 spiro atoms. The molecule has 6 nitrogen and oxygen atoms in total.